The highest BCUT2D eigenvalue weighted by Gasteiger charge is 2.49. The van der Waals surface area contributed by atoms with E-state index >= 15 is 0 Å². The van der Waals surface area contributed by atoms with Crippen LogP contribution in [-0.4, -0.2) is 0 Å². The van der Waals surface area contributed by atoms with Crippen molar-refractivity contribution in [3.63, 3.8) is 0 Å². The van der Waals surface area contributed by atoms with Gasteiger partial charge in [-0.2, -0.15) is 0 Å². The summed E-state index contributed by atoms with van der Waals surface area (Å²) in [6.45, 7) is 14.7. The first-order chi connectivity index (χ1) is 26.7. The molecule has 55 heavy (non-hydrogen) atoms. The predicted octanol–water partition coefficient (Wildman–Crippen LogP) is 14.8. The van der Waals surface area contributed by atoms with Crippen LogP contribution < -0.4 is 4.90 Å². The zero-order chi connectivity index (χ0) is 37.0. The van der Waals surface area contributed by atoms with Crippen molar-refractivity contribution < 1.29 is 0 Å². The minimum absolute atomic E-state index is 0.241. The fraction of sp³-hybridized carbons (Fsp3) is 0.111. The van der Waals surface area contributed by atoms with Gasteiger partial charge in [0.15, 0.2) is 0 Å². The fourth-order valence-electron chi connectivity index (χ4n) is 10.7. The molecule has 3 heterocycles. The molecule has 12 rings (SSSR count). The summed E-state index contributed by atoms with van der Waals surface area (Å²) in [6, 6.07) is 57.1. The second-order valence-corrected chi connectivity index (χ2v) is 17.0. The second kappa shape index (κ2) is 10.4. The van der Waals surface area contributed by atoms with Gasteiger partial charge in [0.05, 0.1) is 17.1 Å². The molecule has 0 saturated heterocycles. The van der Waals surface area contributed by atoms with E-state index in [1.807, 2.05) is 0 Å². The maximum absolute atomic E-state index is 5.04. The first-order valence-corrected chi connectivity index (χ1v) is 19.5. The number of hydrogen-bond acceptors (Lipinski definition) is 1. The summed E-state index contributed by atoms with van der Waals surface area (Å²) in [5.41, 5.74) is 17.5. The van der Waals surface area contributed by atoms with Crippen LogP contribution in [0.3, 0.4) is 0 Å². The van der Waals surface area contributed by atoms with Crippen molar-refractivity contribution in [3.8, 4) is 22.3 Å². The van der Waals surface area contributed by atoms with Crippen LogP contribution in [0, 0.1) is 0 Å². The summed E-state index contributed by atoms with van der Waals surface area (Å²) in [7, 11) is 0. The van der Waals surface area contributed by atoms with E-state index in [9.17, 15) is 0 Å². The van der Waals surface area contributed by atoms with Gasteiger partial charge < -0.3 is 4.90 Å². The lowest BCUT2D eigenvalue weighted by Gasteiger charge is -2.52. The highest BCUT2D eigenvalue weighted by Crippen LogP contribution is 2.66. The van der Waals surface area contributed by atoms with E-state index in [0.29, 0.717) is 0 Å². The van der Waals surface area contributed by atoms with Crippen LogP contribution in [0.25, 0.3) is 70.9 Å². The summed E-state index contributed by atoms with van der Waals surface area (Å²) in [4.78, 5) is 2.64. The number of anilines is 3. The van der Waals surface area contributed by atoms with Gasteiger partial charge in [-0.3, -0.25) is 0 Å². The molecule has 9 aromatic carbocycles. The van der Waals surface area contributed by atoms with Gasteiger partial charge in [0.2, 0.25) is 0 Å². The van der Waals surface area contributed by atoms with Gasteiger partial charge in [0, 0.05) is 22.0 Å². The quantitative estimate of drug-likeness (QED) is 0.162. The topological polar surface area (TPSA) is 3.24 Å². The molecule has 0 aromatic heterocycles. The molecule has 0 fully saturated rings. The second-order valence-electron chi connectivity index (χ2n) is 17.0. The van der Waals surface area contributed by atoms with Crippen molar-refractivity contribution in [1.82, 2.24) is 0 Å². The molecule has 3 aliphatic heterocycles. The van der Waals surface area contributed by atoms with Crippen LogP contribution in [0.1, 0.15) is 61.1 Å². The van der Waals surface area contributed by atoms with Gasteiger partial charge in [-0.15, -0.1) is 0 Å². The average Bonchev–Trinajstić information content (AvgIpc) is 3.20. The summed E-state index contributed by atoms with van der Waals surface area (Å²) < 4.78 is 0. The van der Waals surface area contributed by atoms with Crippen molar-refractivity contribution in [2.45, 2.75) is 38.5 Å². The smallest absolute Gasteiger partial charge is 0.0581 e. The SMILES string of the molecule is C=C1c2cc(-c3c4ccccc4cc4ccccc34)cc3c2N2c4c1cc(-c1c5ccccc5cc5ccccc15)cc4C(C)(C)c1cccc(c12)C3(C)C. The Morgan fingerprint density at radius 2 is 0.745 bits per heavy atom. The fourth-order valence-corrected chi connectivity index (χ4v) is 10.7. The molecule has 0 N–H and O–H groups in total. The molecule has 1 heteroatoms. The first kappa shape index (κ1) is 31.0. The number of nitrogens with zero attached hydrogens (tertiary/aromatic N) is 1. The molecular formula is C54H39N. The largest absolute Gasteiger partial charge is 0.308 e. The van der Waals surface area contributed by atoms with Gasteiger partial charge in [0.1, 0.15) is 0 Å². The van der Waals surface area contributed by atoms with Gasteiger partial charge in [-0.1, -0.05) is 150 Å². The third kappa shape index (κ3) is 3.88. The maximum atomic E-state index is 5.04. The summed E-state index contributed by atoms with van der Waals surface area (Å²) in [6.07, 6.45) is 0. The molecule has 1 nitrogen and oxygen atoms in total. The van der Waals surface area contributed by atoms with E-state index < -0.39 is 0 Å². The van der Waals surface area contributed by atoms with Gasteiger partial charge >= 0.3 is 0 Å². The molecule has 0 radical (unpaired) electrons. The van der Waals surface area contributed by atoms with Gasteiger partial charge in [-0.25, -0.2) is 0 Å². The molecule has 9 aromatic rings. The Bertz CT molecular complexity index is 2910. The minimum Gasteiger partial charge on any atom is -0.308 e. The van der Waals surface area contributed by atoms with Crippen LogP contribution >= 0.6 is 0 Å². The first-order valence-electron chi connectivity index (χ1n) is 19.5. The predicted molar refractivity (Wildman–Crippen MR) is 234 cm³/mol. The van der Waals surface area contributed by atoms with Crippen LogP contribution in [0.4, 0.5) is 17.1 Å². The number of benzene rings is 9. The molecule has 0 atom stereocenters. The minimum atomic E-state index is -0.241. The highest BCUT2D eigenvalue weighted by atomic mass is 15.2. The van der Waals surface area contributed by atoms with Crippen LogP contribution in [0.5, 0.6) is 0 Å². The molecular weight excluding hydrogens is 663 g/mol. The van der Waals surface area contributed by atoms with E-state index in [1.54, 1.807) is 0 Å². The Kier molecular flexibility index (Phi) is 5.86. The van der Waals surface area contributed by atoms with Gasteiger partial charge in [0.25, 0.3) is 0 Å². The molecule has 260 valence electrons. The Hall–Kier alpha value is -6.44. The number of rotatable bonds is 2. The third-order valence-corrected chi connectivity index (χ3v) is 13.4. The van der Waals surface area contributed by atoms with E-state index in [4.69, 9.17) is 6.58 Å². The Labute approximate surface area is 321 Å². The van der Waals surface area contributed by atoms with E-state index in [0.717, 1.165) is 5.57 Å². The average molecular weight is 702 g/mol. The van der Waals surface area contributed by atoms with Crippen molar-refractivity contribution in [2.24, 2.45) is 0 Å². The summed E-state index contributed by atoms with van der Waals surface area (Å²) in [5.74, 6) is 0. The molecule has 0 bridgehead atoms. The molecule has 0 saturated carbocycles. The van der Waals surface area contributed by atoms with E-state index in [1.165, 1.54) is 116 Å². The standard InChI is InChI=1S/C54H39N/c1-31-42-27-36(48-38-19-10-6-15-32(38)25-33-16-7-11-20-39(33)48)29-46-50(42)55-51-43(31)28-37(49-40-21-12-8-17-34(40)26-35-18-9-13-22-41(35)49)30-47(51)54(4,5)45-24-14-23-44(52(45)55)53(46,2)3/h6-30H,1H2,2-5H3. The van der Waals surface area contributed by atoms with Crippen molar-refractivity contribution in [2.75, 3.05) is 4.90 Å². The Morgan fingerprint density at radius 1 is 0.382 bits per heavy atom. The number of para-hydroxylation sites is 1. The zero-order valence-electron chi connectivity index (χ0n) is 31.6. The summed E-state index contributed by atoms with van der Waals surface area (Å²) >= 11 is 0. The maximum Gasteiger partial charge on any atom is 0.0581 e. The normalized spacial score (nSPS) is 15.6. The van der Waals surface area contributed by atoms with Gasteiger partial charge in [-0.05, 0) is 130 Å². The van der Waals surface area contributed by atoms with Crippen molar-refractivity contribution >= 4 is 65.7 Å². The van der Waals surface area contributed by atoms with E-state index in [-0.39, 0.29) is 10.8 Å². The lowest BCUT2D eigenvalue weighted by atomic mass is 9.63. The third-order valence-electron chi connectivity index (χ3n) is 13.4. The monoisotopic (exact) mass is 701 g/mol. The van der Waals surface area contributed by atoms with Crippen LogP contribution in [-0.2, 0) is 10.8 Å². The molecule has 0 aliphatic carbocycles. The molecule has 0 amide bonds. The Morgan fingerprint density at radius 3 is 1.13 bits per heavy atom. The summed E-state index contributed by atoms with van der Waals surface area (Å²) in [5, 5.41) is 10.1. The Balaban J connectivity index is 1.22. The number of hydrogen-bond donors (Lipinski definition) is 0. The molecule has 0 spiro atoms. The van der Waals surface area contributed by atoms with Crippen molar-refractivity contribution in [1.29, 1.82) is 0 Å². The zero-order valence-corrected chi connectivity index (χ0v) is 31.6. The van der Waals surface area contributed by atoms with Crippen molar-refractivity contribution in [3.05, 3.63) is 192 Å². The lowest BCUT2D eigenvalue weighted by Crippen LogP contribution is -2.40. The van der Waals surface area contributed by atoms with E-state index in [2.05, 4.69) is 184 Å². The van der Waals surface area contributed by atoms with Crippen LogP contribution in [0.2, 0.25) is 0 Å². The molecule has 3 aliphatic rings. The lowest BCUT2D eigenvalue weighted by molar-refractivity contribution is 0.596. The number of fused-ring (bicyclic) bond motifs is 4. The highest BCUT2D eigenvalue weighted by molar-refractivity contribution is 6.17. The van der Waals surface area contributed by atoms with Crippen LogP contribution in [0.15, 0.2) is 158 Å². The molecule has 0 unspecified atom stereocenters.